The smallest absolute Gasteiger partial charge is 0.253 e. The molecule has 0 saturated carbocycles. The quantitative estimate of drug-likeness (QED) is 0.566. The Morgan fingerprint density at radius 2 is 2.10 bits per heavy atom. The van der Waals surface area contributed by atoms with Crippen molar-refractivity contribution in [2.45, 2.75) is 10.9 Å². The van der Waals surface area contributed by atoms with Crippen molar-refractivity contribution in [3.63, 3.8) is 0 Å². The average molecular weight is 300 g/mol. The Hall–Kier alpha value is -2.54. The Bertz CT molecular complexity index is 798. The summed E-state index contributed by atoms with van der Waals surface area (Å²) in [7, 11) is 0. The number of aromatic amines is 1. The van der Waals surface area contributed by atoms with E-state index in [0.717, 1.165) is 5.56 Å². The summed E-state index contributed by atoms with van der Waals surface area (Å²) in [5, 5.41) is 0.456. The molecule has 0 radical (unpaired) electrons. The molecule has 3 rings (SSSR count). The van der Waals surface area contributed by atoms with Gasteiger partial charge in [-0.05, 0) is 12.1 Å². The third-order valence-electron chi connectivity index (χ3n) is 2.67. The molecule has 3 N–H and O–H groups in total. The first-order chi connectivity index (χ1) is 10.2. The number of thioether (sulfide) groups is 1. The highest BCUT2D eigenvalue weighted by Gasteiger charge is 2.07. The lowest BCUT2D eigenvalue weighted by Crippen LogP contribution is -2.09. The zero-order chi connectivity index (χ0) is 14.7. The Kier molecular flexibility index (Phi) is 3.74. The first-order valence-corrected chi connectivity index (χ1v) is 7.19. The van der Waals surface area contributed by atoms with Gasteiger partial charge in [0.1, 0.15) is 11.6 Å². The van der Waals surface area contributed by atoms with Gasteiger partial charge >= 0.3 is 0 Å². The van der Waals surface area contributed by atoms with E-state index in [9.17, 15) is 4.79 Å². The van der Waals surface area contributed by atoms with Crippen molar-refractivity contribution in [1.82, 2.24) is 15.0 Å². The number of nitrogens with one attached hydrogen (secondary N) is 1. The highest BCUT2D eigenvalue weighted by atomic mass is 32.2. The lowest BCUT2D eigenvalue weighted by atomic mass is 10.2. The molecule has 0 amide bonds. The third kappa shape index (κ3) is 3.32. The Morgan fingerprint density at radius 3 is 2.86 bits per heavy atom. The van der Waals surface area contributed by atoms with Gasteiger partial charge in [0.05, 0.1) is 11.9 Å². The number of anilines is 1. The van der Waals surface area contributed by atoms with Crippen LogP contribution in [0, 0.1) is 0 Å². The summed E-state index contributed by atoms with van der Waals surface area (Å²) in [4.78, 5) is 22.2. The fourth-order valence-corrected chi connectivity index (χ4v) is 2.50. The lowest BCUT2D eigenvalue weighted by molar-refractivity contribution is 0.538. The van der Waals surface area contributed by atoms with Crippen LogP contribution in [-0.4, -0.2) is 15.0 Å². The second-order valence-electron chi connectivity index (χ2n) is 4.26. The van der Waals surface area contributed by atoms with Gasteiger partial charge < -0.3 is 15.1 Å². The molecule has 0 bridgehead atoms. The van der Waals surface area contributed by atoms with E-state index in [1.807, 2.05) is 30.3 Å². The van der Waals surface area contributed by atoms with Crippen LogP contribution in [0.2, 0.25) is 0 Å². The third-order valence-corrected chi connectivity index (χ3v) is 3.56. The number of nitrogens with zero attached hydrogens (tertiary/aromatic N) is 2. The number of aromatic nitrogens is 3. The van der Waals surface area contributed by atoms with Crippen LogP contribution in [0.15, 0.2) is 57.0 Å². The van der Waals surface area contributed by atoms with E-state index in [-0.39, 0.29) is 11.4 Å². The second-order valence-corrected chi connectivity index (χ2v) is 5.23. The summed E-state index contributed by atoms with van der Waals surface area (Å²) in [6.07, 6.45) is 1.67. The van der Waals surface area contributed by atoms with E-state index in [2.05, 4.69) is 15.0 Å². The van der Waals surface area contributed by atoms with E-state index >= 15 is 0 Å². The highest BCUT2D eigenvalue weighted by Crippen LogP contribution is 2.23. The molecule has 1 aromatic carbocycles. The zero-order valence-corrected chi connectivity index (χ0v) is 11.8. The molecule has 21 heavy (non-hydrogen) atoms. The standard InChI is InChI=1S/C14H12N4O2S/c15-11-6-12(19)18-14(17-11)21-8-10-7-16-13(20-10)9-4-2-1-3-5-9/h1-7H,8H2,(H3,15,17,18,19). The molecule has 0 aliphatic carbocycles. The van der Waals surface area contributed by atoms with Crippen molar-refractivity contribution in [2.24, 2.45) is 0 Å². The van der Waals surface area contributed by atoms with Gasteiger partial charge in [0.2, 0.25) is 5.89 Å². The molecule has 0 aliphatic rings. The van der Waals surface area contributed by atoms with Crippen LogP contribution in [0.25, 0.3) is 11.5 Å². The number of rotatable bonds is 4. The molecule has 0 fully saturated rings. The van der Waals surface area contributed by atoms with Gasteiger partial charge in [-0.25, -0.2) is 9.97 Å². The molecule has 2 aromatic heterocycles. The van der Waals surface area contributed by atoms with Crippen molar-refractivity contribution < 1.29 is 4.42 Å². The minimum absolute atomic E-state index is 0.198. The number of nitrogen functional groups attached to an aromatic ring is 1. The maximum Gasteiger partial charge on any atom is 0.253 e. The van der Waals surface area contributed by atoms with Crippen LogP contribution in [0.5, 0.6) is 0 Å². The number of oxazole rings is 1. The zero-order valence-electron chi connectivity index (χ0n) is 10.9. The van der Waals surface area contributed by atoms with E-state index in [4.69, 9.17) is 10.2 Å². The summed E-state index contributed by atoms with van der Waals surface area (Å²) in [6.45, 7) is 0. The van der Waals surface area contributed by atoms with E-state index in [1.54, 1.807) is 6.20 Å². The summed E-state index contributed by atoms with van der Waals surface area (Å²) in [5.41, 5.74) is 6.18. The van der Waals surface area contributed by atoms with Crippen LogP contribution < -0.4 is 11.3 Å². The van der Waals surface area contributed by atoms with Crippen LogP contribution >= 0.6 is 11.8 Å². The van der Waals surface area contributed by atoms with Crippen LogP contribution in [-0.2, 0) is 5.75 Å². The van der Waals surface area contributed by atoms with E-state index in [1.165, 1.54) is 17.8 Å². The first kappa shape index (κ1) is 13.4. The van der Waals surface area contributed by atoms with Crippen molar-refractivity contribution in [1.29, 1.82) is 0 Å². The topological polar surface area (TPSA) is 97.8 Å². The summed E-state index contributed by atoms with van der Waals surface area (Å²) in [5.74, 6) is 1.97. The molecule has 0 atom stereocenters. The number of hydrogen-bond donors (Lipinski definition) is 2. The molecular formula is C14H12N4O2S. The lowest BCUT2D eigenvalue weighted by Gasteiger charge is -1.99. The maximum absolute atomic E-state index is 11.3. The van der Waals surface area contributed by atoms with Crippen molar-refractivity contribution in [3.05, 3.63) is 58.7 Å². The predicted octanol–water partition coefficient (Wildman–Crippen LogP) is 2.30. The summed E-state index contributed by atoms with van der Waals surface area (Å²) < 4.78 is 5.67. The first-order valence-electron chi connectivity index (χ1n) is 6.20. The second kappa shape index (κ2) is 5.84. The van der Waals surface area contributed by atoms with Crippen molar-refractivity contribution >= 4 is 17.6 Å². The molecule has 3 aromatic rings. The predicted molar refractivity (Wildman–Crippen MR) is 80.8 cm³/mol. The normalized spacial score (nSPS) is 10.7. The number of H-pyrrole nitrogens is 1. The monoisotopic (exact) mass is 300 g/mol. The van der Waals surface area contributed by atoms with Crippen LogP contribution in [0.3, 0.4) is 0 Å². The molecule has 0 unspecified atom stereocenters. The molecule has 0 saturated heterocycles. The Balaban J connectivity index is 1.72. The number of benzene rings is 1. The van der Waals surface area contributed by atoms with E-state index in [0.29, 0.717) is 22.6 Å². The summed E-state index contributed by atoms with van der Waals surface area (Å²) >= 11 is 1.33. The molecule has 106 valence electrons. The maximum atomic E-state index is 11.3. The van der Waals surface area contributed by atoms with Crippen LogP contribution in [0.4, 0.5) is 5.82 Å². The summed E-state index contributed by atoms with van der Waals surface area (Å²) in [6, 6.07) is 10.9. The minimum Gasteiger partial charge on any atom is -0.440 e. The largest absolute Gasteiger partial charge is 0.440 e. The highest BCUT2D eigenvalue weighted by molar-refractivity contribution is 7.98. The Labute approximate surface area is 124 Å². The molecular weight excluding hydrogens is 288 g/mol. The van der Waals surface area contributed by atoms with Gasteiger partial charge in [-0.2, -0.15) is 0 Å². The number of hydrogen-bond acceptors (Lipinski definition) is 6. The fraction of sp³-hybridized carbons (Fsp3) is 0.0714. The molecule has 2 heterocycles. The van der Waals surface area contributed by atoms with Gasteiger partial charge in [-0.15, -0.1) is 0 Å². The Morgan fingerprint density at radius 1 is 1.29 bits per heavy atom. The minimum atomic E-state index is -0.271. The van der Waals surface area contributed by atoms with Gasteiger partial charge in [0.15, 0.2) is 5.16 Å². The molecule has 0 aliphatic heterocycles. The van der Waals surface area contributed by atoms with Crippen LogP contribution in [0.1, 0.15) is 5.76 Å². The molecule has 6 nitrogen and oxygen atoms in total. The van der Waals surface area contributed by atoms with Gasteiger partial charge in [0.25, 0.3) is 5.56 Å². The van der Waals surface area contributed by atoms with E-state index < -0.39 is 0 Å². The fourth-order valence-electron chi connectivity index (χ4n) is 1.75. The van der Waals surface area contributed by atoms with Gasteiger partial charge in [-0.3, -0.25) is 4.79 Å². The van der Waals surface area contributed by atoms with Crippen molar-refractivity contribution in [3.8, 4) is 11.5 Å². The van der Waals surface area contributed by atoms with Crippen molar-refractivity contribution in [2.75, 3.05) is 5.73 Å². The SMILES string of the molecule is Nc1cc(=O)[nH]c(SCc2cnc(-c3ccccc3)o2)n1. The van der Waals surface area contributed by atoms with Gasteiger partial charge in [-0.1, -0.05) is 30.0 Å². The average Bonchev–Trinajstić information content (AvgIpc) is 2.94. The van der Waals surface area contributed by atoms with Gasteiger partial charge in [0, 0.05) is 11.6 Å². The molecule has 0 spiro atoms. The molecule has 7 heteroatoms. The number of nitrogens with two attached hydrogens (primary N) is 1.